The Morgan fingerprint density at radius 1 is 1.50 bits per heavy atom. The molecule has 0 radical (unpaired) electrons. The molecule has 1 aromatic heterocycles. The molecule has 4 N–H and O–H groups in total. The number of fused-ring (bicyclic) bond motifs is 1. The maximum Gasteiger partial charge on any atom is 0.106 e. The summed E-state index contributed by atoms with van der Waals surface area (Å²) in [5, 5.41) is 12.3. The van der Waals surface area contributed by atoms with Gasteiger partial charge in [0.25, 0.3) is 0 Å². The molecule has 0 aliphatic heterocycles. The van der Waals surface area contributed by atoms with Crippen LogP contribution in [-0.4, -0.2) is 34.4 Å². The van der Waals surface area contributed by atoms with Gasteiger partial charge in [0, 0.05) is 19.1 Å². The fraction of sp³-hybridized carbons (Fsp3) is 0.462. The summed E-state index contributed by atoms with van der Waals surface area (Å²) in [5.74, 6) is 0.981. The van der Waals surface area contributed by atoms with Gasteiger partial charge in [-0.3, -0.25) is 0 Å². The average Bonchev–Trinajstić information content (AvgIpc) is 2.65. The van der Waals surface area contributed by atoms with Crippen LogP contribution >= 0.6 is 0 Å². The first-order valence-electron chi connectivity index (χ1n) is 6.05. The summed E-state index contributed by atoms with van der Waals surface area (Å²) < 4.78 is 2.06. The molecule has 0 bridgehead atoms. The first-order valence-corrected chi connectivity index (χ1v) is 6.05. The van der Waals surface area contributed by atoms with E-state index in [1.54, 1.807) is 0 Å². The standard InChI is InChI=1S/C13H20N4O/c1-8-16-11-6-9(4-5-12(11)17(8)3)13(15-2)10(14)7-18/h4-6,10,13,15,18H,7,14H2,1-3H3. The van der Waals surface area contributed by atoms with Crippen molar-refractivity contribution in [1.29, 1.82) is 0 Å². The average molecular weight is 248 g/mol. The Kier molecular flexibility index (Phi) is 3.65. The second-order valence-corrected chi connectivity index (χ2v) is 4.58. The summed E-state index contributed by atoms with van der Waals surface area (Å²) >= 11 is 0. The Hall–Kier alpha value is -1.43. The summed E-state index contributed by atoms with van der Waals surface area (Å²) in [4.78, 5) is 4.51. The summed E-state index contributed by atoms with van der Waals surface area (Å²) in [7, 11) is 3.84. The van der Waals surface area contributed by atoms with Gasteiger partial charge in [-0.05, 0) is 31.7 Å². The summed E-state index contributed by atoms with van der Waals surface area (Å²) in [5.41, 5.74) is 9.00. The van der Waals surface area contributed by atoms with Crippen LogP contribution in [0, 0.1) is 6.92 Å². The van der Waals surface area contributed by atoms with Crippen molar-refractivity contribution in [3.63, 3.8) is 0 Å². The SMILES string of the molecule is CNC(c1ccc2c(c1)nc(C)n2C)C(N)CO. The first kappa shape index (κ1) is 13.0. The van der Waals surface area contributed by atoms with Crippen molar-refractivity contribution in [1.82, 2.24) is 14.9 Å². The van der Waals surface area contributed by atoms with E-state index in [1.807, 2.05) is 39.2 Å². The van der Waals surface area contributed by atoms with Gasteiger partial charge in [0.2, 0.25) is 0 Å². The van der Waals surface area contributed by atoms with Crippen LogP contribution in [0.1, 0.15) is 17.4 Å². The van der Waals surface area contributed by atoms with Crippen molar-refractivity contribution in [3.05, 3.63) is 29.6 Å². The predicted octanol–water partition coefficient (Wildman–Crippen LogP) is 0.462. The van der Waals surface area contributed by atoms with Crippen molar-refractivity contribution >= 4 is 11.0 Å². The Morgan fingerprint density at radius 2 is 2.22 bits per heavy atom. The largest absolute Gasteiger partial charge is 0.395 e. The normalized spacial score (nSPS) is 14.9. The van der Waals surface area contributed by atoms with E-state index in [0.29, 0.717) is 0 Å². The van der Waals surface area contributed by atoms with Crippen LogP contribution in [0.3, 0.4) is 0 Å². The molecule has 18 heavy (non-hydrogen) atoms. The number of aliphatic hydroxyl groups is 1. The monoisotopic (exact) mass is 248 g/mol. The number of hydrogen-bond donors (Lipinski definition) is 3. The zero-order valence-electron chi connectivity index (χ0n) is 11.0. The quantitative estimate of drug-likeness (QED) is 0.735. The second-order valence-electron chi connectivity index (χ2n) is 4.58. The molecule has 1 aromatic carbocycles. The maximum atomic E-state index is 9.17. The molecule has 2 unspecified atom stereocenters. The van der Waals surface area contributed by atoms with E-state index in [0.717, 1.165) is 22.4 Å². The molecule has 2 aromatic rings. The Bertz CT molecular complexity index is 549. The molecule has 0 amide bonds. The highest BCUT2D eigenvalue weighted by molar-refractivity contribution is 5.77. The third-order valence-corrected chi connectivity index (χ3v) is 3.44. The molecule has 0 spiro atoms. The van der Waals surface area contributed by atoms with Gasteiger partial charge < -0.3 is 20.7 Å². The van der Waals surface area contributed by atoms with Crippen LogP contribution in [0.15, 0.2) is 18.2 Å². The van der Waals surface area contributed by atoms with E-state index < -0.39 is 0 Å². The topological polar surface area (TPSA) is 76.1 Å². The minimum Gasteiger partial charge on any atom is -0.395 e. The van der Waals surface area contributed by atoms with E-state index >= 15 is 0 Å². The molecule has 98 valence electrons. The first-order chi connectivity index (χ1) is 8.58. The highest BCUT2D eigenvalue weighted by atomic mass is 16.3. The van der Waals surface area contributed by atoms with Crippen LogP contribution < -0.4 is 11.1 Å². The molecule has 2 atom stereocenters. The number of likely N-dealkylation sites (N-methyl/N-ethyl adjacent to an activating group) is 1. The lowest BCUT2D eigenvalue weighted by Gasteiger charge is -2.22. The number of aryl methyl sites for hydroxylation is 2. The number of imidazole rings is 1. The number of aliphatic hydroxyl groups excluding tert-OH is 1. The lowest BCUT2D eigenvalue weighted by atomic mass is 10.00. The van der Waals surface area contributed by atoms with Gasteiger partial charge >= 0.3 is 0 Å². The highest BCUT2D eigenvalue weighted by Crippen LogP contribution is 2.22. The number of nitrogens with zero attached hydrogens (tertiary/aromatic N) is 2. The van der Waals surface area contributed by atoms with Gasteiger partial charge in [0.15, 0.2) is 0 Å². The molecule has 0 aliphatic rings. The molecule has 2 rings (SSSR count). The number of aromatic nitrogens is 2. The lowest BCUT2D eigenvalue weighted by molar-refractivity contribution is 0.240. The zero-order valence-corrected chi connectivity index (χ0v) is 11.0. The van der Waals surface area contributed by atoms with Crippen molar-refractivity contribution in [2.75, 3.05) is 13.7 Å². The lowest BCUT2D eigenvalue weighted by Crippen LogP contribution is -2.38. The van der Waals surface area contributed by atoms with Gasteiger partial charge in [0.05, 0.1) is 17.6 Å². The van der Waals surface area contributed by atoms with E-state index in [1.165, 1.54) is 0 Å². The number of nitrogens with two attached hydrogens (primary N) is 1. The van der Waals surface area contributed by atoms with Crippen molar-refractivity contribution < 1.29 is 5.11 Å². The maximum absolute atomic E-state index is 9.17. The van der Waals surface area contributed by atoms with Gasteiger partial charge in [-0.2, -0.15) is 0 Å². The van der Waals surface area contributed by atoms with E-state index in [4.69, 9.17) is 5.73 Å². The van der Waals surface area contributed by atoms with Crippen LogP contribution in [0.2, 0.25) is 0 Å². The number of hydrogen-bond acceptors (Lipinski definition) is 4. The predicted molar refractivity (Wildman–Crippen MR) is 72.3 cm³/mol. The number of nitrogens with one attached hydrogen (secondary N) is 1. The van der Waals surface area contributed by atoms with E-state index in [2.05, 4.69) is 14.9 Å². The summed E-state index contributed by atoms with van der Waals surface area (Å²) in [6.07, 6.45) is 0. The molecule has 0 fully saturated rings. The van der Waals surface area contributed by atoms with Crippen molar-refractivity contribution in [2.24, 2.45) is 12.8 Å². The molecule has 1 heterocycles. The summed E-state index contributed by atoms with van der Waals surface area (Å²) in [6.45, 7) is 1.93. The Balaban J connectivity index is 2.46. The third kappa shape index (κ3) is 2.12. The van der Waals surface area contributed by atoms with Crippen molar-refractivity contribution in [3.8, 4) is 0 Å². The minimum absolute atomic E-state index is 0.0508. The number of rotatable bonds is 4. The smallest absolute Gasteiger partial charge is 0.106 e. The van der Waals surface area contributed by atoms with Crippen LogP contribution in [-0.2, 0) is 7.05 Å². The molecule has 0 aliphatic carbocycles. The Labute approximate surface area is 107 Å². The molecular formula is C13H20N4O. The van der Waals surface area contributed by atoms with Gasteiger partial charge in [-0.25, -0.2) is 4.98 Å². The van der Waals surface area contributed by atoms with Gasteiger partial charge in [0.1, 0.15) is 5.82 Å². The molecule has 5 nitrogen and oxygen atoms in total. The van der Waals surface area contributed by atoms with Crippen LogP contribution in [0.5, 0.6) is 0 Å². The van der Waals surface area contributed by atoms with Gasteiger partial charge in [-0.15, -0.1) is 0 Å². The van der Waals surface area contributed by atoms with Crippen LogP contribution in [0.4, 0.5) is 0 Å². The van der Waals surface area contributed by atoms with Crippen LogP contribution in [0.25, 0.3) is 11.0 Å². The minimum atomic E-state index is -0.322. The molecule has 0 saturated carbocycles. The Morgan fingerprint density at radius 3 is 2.83 bits per heavy atom. The molecule has 0 saturated heterocycles. The second kappa shape index (κ2) is 5.06. The summed E-state index contributed by atoms with van der Waals surface area (Å²) in [6, 6.07) is 5.71. The molecule has 5 heteroatoms. The fourth-order valence-corrected chi connectivity index (χ4v) is 2.26. The van der Waals surface area contributed by atoms with E-state index in [-0.39, 0.29) is 18.7 Å². The number of benzene rings is 1. The third-order valence-electron chi connectivity index (χ3n) is 3.44. The van der Waals surface area contributed by atoms with E-state index in [9.17, 15) is 5.11 Å². The zero-order chi connectivity index (χ0) is 13.3. The van der Waals surface area contributed by atoms with Gasteiger partial charge in [-0.1, -0.05) is 6.07 Å². The fourth-order valence-electron chi connectivity index (χ4n) is 2.26. The highest BCUT2D eigenvalue weighted by Gasteiger charge is 2.18. The van der Waals surface area contributed by atoms with Crippen molar-refractivity contribution in [2.45, 2.75) is 19.0 Å². The molecular weight excluding hydrogens is 228 g/mol.